The number of nitrogen functional groups attached to an aromatic ring is 1. The van der Waals surface area contributed by atoms with E-state index in [2.05, 4.69) is 24.1 Å². The second-order valence-electron chi connectivity index (χ2n) is 4.37. The summed E-state index contributed by atoms with van der Waals surface area (Å²) in [6.07, 6.45) is 8.16. The molecule has 1 rings (SSSR count). The molecule has 1 aromatic heterocycles. The smallest absolute Gasteiger partial charge is 0.128 e. The van der Waals surface area contributed by atoms with E-state index in [9.17, 15) is 0 Å². The van der Waals surface area contributed by atoms with Crippen molar-refractivity contribution in [3.05, 3.63) is 18.3 Å². The van der Waals surface area contributed by atoms with Crippen molar-refractivity contribution in [2.45, 2.75) is 52.0 Å². The number of pyridine rings is 1. The van der Waals surface area contributed by atoms with Crippen LogP contribution in [0.1, 0.15) is 46.0 Å². The molecule has 0 radical (unpaired) electrons. The molecule has 3 nitrogen and oxygen atoms in total. The Hall–Kier alpha value is -1.25. The number of anilines is 2. The minimum Gasteiger partial charge on any atom is -0.399 e. The average Bonchev–Trinajstić information content (AvgIpc) is 2.24. The van der Waals surface area contributed by atoms with Crippen molar-refractivity contribution in [1.29, 1.82) is 0 Å². The highest BCUT2D eigenvalue weighted by molar-refractivity contribution is 5.48. The van der Waals surface area contributed by atoms with Crippen LogP contribution >= 0.6 is 0 Å². The normalized spacial score (nSPS) is 12.4. The van der Waals surface area contributed by atoms with E-state index in [1.54, 1.807) is 12.3 Å². The van der Waals surface area contributed by atoms with Gasteiger partial charge in [0.25, 0.3) is 0 Å². The Morgan fingerprint density at radius 1 is 1.38 bits per heavy atom. The molecule has 0 saturated heterocycles. The van der Waals surface area contributed by atoms with E-state index in [0.717, 1.165) is 11.5 Å². The average molecular weight is 221 g/mol. The third kappa shape index (κ3) is 5.01. The number of nitrogens with zero attached hydrogens (tertiary/aromatic N) is 1. The van der Waals surface area contributed by atoms with Crippen LogP contribution in [0.2, 0.25) is 0 Å². The Labute approximate surface area is 98.5 Å². The zero-order valence-electron chi connectivity index (χ0n) is 10.4. The molecule has 1 heterocycles. The fourth-order valence-electron chi connectivity index (χ4n) is 1.73. The molecule has 90 valence electrons. The summed E-state index contributed by atoms with van der Waals surface area (Å²) in [6, 6.07) is 4.14. The highest BCUT2D eigenvalue weighted by atomic mass is 15.0. The molecule has 0 aliphatic rings. The summed E-state index contributed by atoms with van der Waals surface area (Å²) in [5.74, 6) is 0.878. The van der Waals surface area contributed by atoms with Gasteiger partial charge in [0.2, 0.25) is 0 Å². The van der Waals surface area contributed by atoms with Gasteiger partial charge in [-0.05, 0) is 19.4 Å². The Morgan fingerprint density at radius 3 is 2.88 bits per heavy atom. The standard InChI is InChI=1S/C13H23N3/c1-3-4-5-6-7-11(2)16-13-10-12(14)8-9-15-13/h8-11H,3-7H2,1-2H3,(H3,14,15,16). The minimum atomic E-state index is 0.464. The number of rotatable bonds is 7. The molecule has 1 unspecified atom stereocenters. The molecule has 0 aromatic carbocycles. The molecule has 0 saturated carbocycles. The largest absolute Gasteiger partial charge is 0.399 e. The minimum absolute atomic E-state index is 0.464. The molecule has 16 heavy (non-hydrogen) atoms. The molecule has 1 aromatic rings. The second-order valence-corrected chi connectivity index (χ2v) is 4.37. The van der Waals surface area contributed by atoms with E-state index >= 15 is 0 Å². The first-order valence-corrected chi connectivity index (χ1v) is 6.20. The van der Waals surface area contributed by atoms with Crippen LogP contribution in [0.5, 0.6) is 0 Å². The fourth-order valence-corrected chi connectivity index (χ4v) is 1.73. The van der Waals surface area contributed by atoms with Crippen molar-refractivity contribution in [1.82, 2.24) is 4.98 Å². The van der Waals surface area contributed by atoms with Gasteiger partial charge in [0.1, 0.15) is 5.82 Å². The number of unbranched alkanes of at least 4 members (excludes halogenated alkanes) is 3. The second kappa shape index (κ2) is 7.09. The van der Waals surface area contributed by atoms with Crippen molar-refractivity contribution in [2.24, 2.45) is 0 Å². The molecule has 0 aliphatic carbocycles. The van der Waals surface area contributed by atoms with E-state index in [1.807, 2.05) is 6.07 Å². The number of hydrogen-bond acceptors (Lipinski definition) is 3. The van der Waals surface area contributed by atoms with Gasteiger partial charge in [-0.15, -0.1) is 0 Å². The maximum Gasteiger partial charge on any atom is 0.128 e. The van der Waals surface area contributed by atoms with Gasteiger partial charge in [0, 0.05) is 24.0 Å². The third-order valence-electron chi connectivity index (χ3n) is 2.67. The highest BCUT2D eigenvalue weighted by Crippen LogP contribution is 2.12. The SMILES string of the molecule is CCCCCCC(C)Nc1cc(N)ccn1. The maximum atomic E-state index is 5.69. The van der Waals surface area contributed by atoms with E-state index < -0.39 is 0 Å². The first kappa shape index (κ1) is 12.8. The summed E-state index contributed by atoms with van der Waals surface area (Å²) in [5, 5.41) is 3.37. The summed E-state index contributed by atoms with van der Waals surface area (Å²) in [7, 11) is 0. The molecule has 1 atom stereocenters. The maximum absolute atomic E-state index is 5.69. The summed E-state index contributed by atoms with van der Waals surface area (Å²) in [6.45, 7) is 4.43. The molecule has 0 fully saturated rings. The summed E-state index contributed by atoms with van der Waals surface area (Å²) < 4.78 is 0. The Kier molecular flexibility index (Phi) is 5.68. The van der Waals surface area contributed by atoms with E-state index in [4.69, 9.17) is 5.73 Å². The molecule has 0 bridgehead atoms. The lowest BCUT2D eigenvalue weighted by molar-refractivity contribution is 0.593. The van der Waals surface area contributed by atoms with Gasteiger partial charge in [-0.3, -0.25) is 0 Å². The van der Waals surface area contributed by atoms with Gasteiger partial charge >= 0.3 is 0 Å². The zero-order valence-corrected chi connectivity index (χ0v) is 10.4. The monoisotopic (exact) mass is 221 g/mol. The third-order valence-corrected chi connectivity index (χ3v) is 2.67. The molecular weight excluding hydrogens is 198 g/mol. The predicted octanol–water partition coefficient (Wildman–Crippen LogP) is 3.43. The van der Waals surface area contributed by atoms with Crippen LogP contribution in [0.15, 0.2) is 18.3 Å². The summed E-state index contributed by atoms with van der Waals surface area (Å²) >= 11 is 0. The van der Waals surface area contributed by atoms with Crippen LogP contribution in [0.4, 0.5) is 11.5 Å². The number of aromatic nitrogens is 1. The van der Waals surface area contributed by atoms with Crippen LogP contribution in [0, 0.1) is 0 Å². The van der Waals surface area contributed by atoms with Gasteiger partial charge < -0.3 is 11.1 Å². The van der Waals surface area contributed by atoms with Crippen molar-refractivity contribution in [3.63, 3.8) is 0 Å². The molecule has 3 heteroatoms. The number of nitrogens with one attached hydrogen (secondary N) is 1. The first-order chi connectivity index (χ1) is 7.72. The van der Waals surface area contributed by atoms with Crippen LogP contribution in [-0.4, -0.2) is 11.0 Å². The van der Waals surface area contributed by atoms with Crippen LogP contribution in [0.25, 0.3) is 0 Å². The Morgan fingerprint density at radius 2 is 2.19 bits per heavy atom. The van der Waals surface area contributed by atoms with Crippen molar-refractivity contribution < 1.29 is 0 Å². The Bertz CT molecular complexity index is 299. The van der Waals surface area contributed by atoms with Crippen LogP contribution in [-0.2, 0) is 0 Å². The molecule has 0 spiro atoms. The first-order valence-electron chi connectivity index (χ1n) is 6.20. The lowest BCUT2D eigenvalue weighted by atomic mass is 10.1. The van der Waals surface area contributed by atoms with E-state index in [0.29, 0.717) is 6.04 Å². The van der Waals surface area contributed by atoms with Gasteiger partial charge in [-0.25, -0.2) is 4.98 Å². The number of nitrogens with two attached hydrogens (primary N) is 1. The Balaban J connectivity index is 2.25. The highest BCUT2D eigenvalue weighted by Gasteiger charge is 2.02. The summed E-state index contributed by atoms with van der Waals surface area (Å²) in [4.78, 5) is 4.23. The van der Waals surface area contributed by atoms with Gasteiger partial charge in [-0.2, -0.15) is 0 Å². The van der Waals surface area contributed by atoms with Crippen molar-refractivity contribution in [3.8, 4) is 0 Å². The van der Waals surface area contributed by atoms with E-state index in [-0.39, 0.29) is 0 Å². The topological polar surface area (TPSA) is 50.9 Å². The van der Waals surface area contributed by atoms with Crippen LogP contribution in [0.3, 0.4) is 0 Å². The van der Waals surface area contributed by atoms with Crippen LogP contribution < -0.4 is 11.1 Å². The van der Waals surface area contributed by atoms with Gasteiger partial charge in [0.05, 0.1) is 0 Å². The number of hydrogen-bond donors (Lipinski definition) is 2. The quantitative estimate of drug-likeness (QED) is 0.693. The van der Waals surface area contributed by atoms with Crippen molar-refractivity contribution in [2.75, 3.05) is 11.1 Å². The lowest BCUT2D eigenvalue weighted by Crippen LogP contribution is -2.15. The predicted molar refractivity (Wildman–Crippen MR) is 70.5 cm³/mol. The molecular formula is C13H23N3. The fraction of sp³-hybridized carbons (Fsp3) is 0.615. The summed E-state index contributed by atoms with van der Waals surface area (Å²) in [5.41, 5.74) is 6.45. The van der Waals surface area contributed by atoms with Crippen molar-refractivity contribution >= 4 is 11.5 Å². The molecule has 3 N–H and O–H groups in total. The van der Waals surface area contributed by atoms with Gasteiger partial charge in [0.15, 0.2) is 0 Å². The van der Waals surface area contributed by atoms with E-state index in [1.165, 1.54) is 32.1 Å². The zero-order chi connectivity index (χ0) is 11.8. The molecule has 0 amide bonds. The molecule has 0 aliphatic heterocycles. The van der Waals surface area contributed by atoms with Gasteiger partial charge in [-0.1, -0.05) is 32.6 Å². The lowest BCUT2D eigenvalue weighted by Gasteiger charge is -2.14.